The maximum Gasteiger partial charge on any atom is 0.303 e. The van der Waals surface area contributed by atoms with Crippen LogP contribution in [-0.4, -0.2) is 50.5 Å². The van der Waals surface area contributed by atoms with Gasteiger partial charge >= 0.3 is 5.97 Å². The highest BCUT2D eigenvalue weighted by Crippen LogP contribution is 2.71. The summed E-state index contributed by atoms with van der Waals surface area (Å²) in [7, 11) is 0. The van der Waals surface area contributed by atoms with Crippen LogP contribution in [-0.2, 0) is 9.59 Å². The second kappa shape index (κ2) is 17.0. The van der Waals surface area contributed by atoms with Gasteiger partial charge in [-0.3, -0.25) is 9.59 Å². The van der Waals surface area contributed by atoms with Crippen LogP contribution in [0.3, 0.4) is 0 Å². The van der Waals surface area contributed by atoms with Crippen molar-refractivity contribution in [1.82, 2.24) is 0 Å². The molecule has 6 nitrogen and oxygen atoms in total. The number of carbonyl (C=O) groups excluding carboxylic acids is 1. The topological polar surface area (TPSA) is 115 Å². The molecular formula is C52H88O6. The Balaban J connectivity index is 0.000000177. The summed E-state index contributed by atoms with van der Waals surface area (Å²) in [6.45, 7) is 21.5. The summed E-state index contributed by atoms with van der Waals surface area (Å²) >= 11 is 0. The summed E-state index contributed by atoms with van der Waals surface area (Å²) in [5.41, 5.74) is 1.13. The van der Waals surface area contributed by atoms with Crippen molar-refractivity contribution in [3.05, 3.63) is 0 Å². The molecular weight excluding hydrogens is 721 g/mol. The molecule has 8 aliphatic carbocycles. The quantitative estimate of drug-likeness (QED) is 0.184. The molecule has 0 aromatic rings. The number of hydrogen-bond donors (Lipinski definition) is 4. The van der Waals surface area contributed by atoms with Crippen LogP contribution in [0.25, 0.3) is 0 Å². The zero-order valence-electron chi connectivity index (χ0n) is 38.6. The Bertz CT molecular complexity index is 1460. The predicted molar refractivity (Wildman–Crippen MR) is 233 cm³/mol. The van der Waals surface area contributed by atoms with Crippen molar-refractivity contribution < 1.29 is 30.0 Å². The van der Waals surface area contributed by atoms with Crippen LogP contribution < -0.4 is 0 Å². The number of Topliss-reactive ketones (excluding diaryl/α,β-unsaturated/α-hetero) is 1. The van der Waals surface area contributed by atoms with E-state index >= 15 is 0 Å². The Morgan fingerprint density at radius 1 is 0.621 bits per heavy atom. The second-order valence-corrected chi connectivity index (χ2v) is 23.7. The molecule has 8 saturated carbocycles. The lowest BCUT2D eigenvalue weighted by atomic mass is 9.41. The fourth-order valence-electron chi connectivity index (χ4n) is 18.8. The predicted octanol–water partition coefficient (Wildman–Crippen LogP) is 11.4. The van der Waals surface area contributed by atoms with Crippen LogP contribution in [0.2, 0.25) is 0 Å². The van der Waals surface area contributed by atoms with E-state index in [-0.39, 0.29) is 47.4 Å². The van der Waals surface area contributed by atoms with E-state index in [2.05, 4.69) is 62.3 Å². The number of carboxylic acid groups (broad SMARTS) is 1. The third-order valence-corrected chi connectivity index (χ3v) is 21.6. The summed E-state index contributed by atoms with van der Waals surface area (Å²) in [6, 6.07) is 0. The van der Waals surface area contributed by atoms with Crippen molar-refractivity contribution >= 4 is 11.8 Å². The van der Waals surface area contributed by atoms with E-state index in [9.17, 15) is 24.9 Å². The number of ketones is 1. The number of rotatable bonds is 9. The number of hydrogen-bond acceptors (Lipinski definition) is 5. The highest BCUT2D eigenvalue weighted by molar-refractivity contribution is 5.86. The van der Waals surface area contributed by atoms with E-state index in [4.69, 9.17) is 5.11 Å². The number of carboxylic acids is 1. The van der Waals surface area contributed by atoms with E-state index in [0.29, 0.717) is 75.8 Å². The first-order chi connectivity index (χ1) is 27.4. The van der Waals surface area contributed by atoms with E-state index in [1.807, 2.05) is 0 Å². The van der Waals surface area contributed by atoms with Crippen molar-refractivity contribution in [2.45, 2.75) is 209 Å². The molecule has 4 N–H and O–H groups in total. The lowest BCUT2D eigenvalue weighted by Gasteiger charge is -2.64. The summed E-state index contributed by atoms with van der Waals surface area (Å²) in [4.78, 5) is 25.0. The molecule has 332 valence electrons. The Morgan fingerprint density at radius 3 is 1.67 bits per heavy atom. The third kappa shape index (κ3) is 7.23. The van der Waals surface area contributed by atoms with Gasteiger partial charge in [0.15, 0.2) is 0 Å². The first-order valence-electron chi connectivity index (χ1n) is 25.2. The standard InChI is InChI=1S/C26H42O4.C26H46O2/c1-5-17-21-14-16(27)10-12-26(21,4)20-11-13-25(3)18(15(2)6-9-22(28)29)7-8-19(25)23(20)24(17)30;1-6-8-16(3)19-9-10-20-23-21(12-14-25(19,20)4)26(5)13-11-17(27)15-22(26)18(7-2)24(23)28/h15-21,23,27H,5-14H2,1-4H3,(H,28,29);16-24,27-28H,6-15H2,1-5H3/t15-,16-,17-,18-,19?,20?,21?,23?,25-,26-;16-,17-,18-,19-,20?,21?,22+,23+,24-,25-,26-/m11/s1. The van der Waals surface area contributed by atoms with Gasteiger partial charge in [-0.1, -0.05) is 81.6 Å². The minimum absolute atomic E-state index is 0.108. The molecule has 0 bridgehead atoms. The molecule has 0 saturated heterocycles. The highest BCUT2D eigenvalue weighted by Gasteiger charge is 2.66. The van der Waals surface area contributed by atoms with Gasteiger partial charge in [0.2, 0.25) is 0 Å². The Morgan fingerprint density at radius 2 is 1.10 bits per heavy atom. The van der Waals surface area contributed by atoms with Crippen LogP contribution in [0.5, 0.6) is 0 Å². The molecule has 8 fully saturated rings. The first kappa shape index (κ1) is 45.1. The maximum absolute atomic E-state index is 13.9. The van der Waals surface area contributed by atoms with E-state index in [1.165, 1.54) is 51.4 Å². The number of aliphatic hydroxyl groups is 3. The Kier molecular flexibility index (Phi) is 13.2. The minimum Gasteiger partial charge on any atom is -0.481 e. The van der Waals surface area contributed by atoms with Gasteiger partial charge in [-0.2, -0.15) is 0 Å². The number of fused-ring (bicyclic) bond motifs is 10. The molecule has 6 heteroatoms. The number of aliphatic hydroxyl groups excluding tert-OH is 3. The molecule has 8 aliphatic rings. The molecule has 0 amide bonds. The van der Waals surface area contributed by atoms with Crippen molar-refractivity contribution in [1.29, 1.82) is 0 Å². The van der Waals surface area contributed by atoms with Gasteiger partial charge in [-0.25, -0.2) is 0 Å². The van der Waals surface area contributed by atoms with Crippen LogP contribution in [0.4, 0.5) is 0 Å². The molecule has 0 aromatic heterocycles. The molecule has 58 heavy (non-hydrogen) atoms. The van der Waals surface area contributed by atoms with Crippen LogP contribution in [0, 0.1) is 105 Å². The van der Waals surface area contributed by atoms with E-state index in [1.54, 1.807) is 0 Å². The van der Waals surface area contributed by atoms with Gasteiger partial charge < -0.3 is 20.4 Å². The summed E-state index contributed by atoms with van der Waals surface area (Å²) in [5, 5.41) is 41.6. The largest absolute Gasteiger partial charge is 0.481 e. The summed E-state index contributed by atoms with van der Waals surface area (Å²) < 4.78 is 0. The van der Waals surface area contributed by atoms with Crippen molar-refractivity contribution in [2.75, 3.05) is 0 Å². The van der Waals surface area contributed by atoms with Crippen LogP contribution in [0.15, 0.2) is 0 Å². The van der Waals surface area contributed by atoms with E-state index in [0.717, 1.165) is 82.5 Å². The van der Waals surface area contributed by atoms with E-state index < -0.39 is 5.97 Å². The molecule has 0 radical (unpaired) electrons. The SMILES string of the molecule is CCC[C@@H](C)[C@H]1CCC2[C@H]3C(CC[C@@]21C)[C@@]1(C)CC[C@@H](O)C[C@H]1[C@@H](CC)[C@H]3O.CC[C@H]1C(=O)C2C(CC[C@@]3(C)C2CC[C@@H]3[C@H](C)CCC(=O)O)[C@@]2(C)CC[C@@H](O)CC12. The molecule has 0 spiro atoms. The van der Waals surface area contributed by atoms with Crippen molar-refractivity contribution in [3.63, 3.8) is 0 Å². The van der Waals surface area contributed by atoms with Crippen LogP contribution in [0.1, 0.15) is 191 Å². The summed E-state index contributed by atoms with van der Waals surface area (Å²) in [5.74, 6) is 6.77. The van der Waals surface area contributed by atoms with Gasteiger partial charge in [0.25, 0.3) is 0 Å². The number of carbonyl (C=O) groups is 2. The van der Waals surface area contributed by atoms with Crippen molar-refractivity contribution in [2.24, 2.45) is 105 Å². The molecule has 0 aliphatic heterocycles. The van der Waals surface area contributed by atoms with Gasteiger partial charge in [0, 0.05) is 18.3 Å². The first-order valence-corrected chi connectivity index (χ1v) is 25.2. The van der Waals surface area contributed by atoms with Gasteiger partial charge in [-0.05, 0) is 195 Å². The van der Waals surface area contributed by atoms with Gasteiger partial charge in [-0.15, -0.1) is 0 Å². The minimum atomic E-state index is -0.697. The van der Waals surface area contributed by atoms with Crippen LogP contribution >= 0.6 is 0 Å². The second-order valence-electron chi connectivity index (χ2n) is 23.7. The fraction of sp³-hybridized carbons (Fsp3) is 0.962. The molecule has 21 atom stereocenters. The smallest absolute Gasteiger partial charge is 0.303 e. The van der Waals surface area contributed by atoms with Gasteiger partial charge in [0.1, 0.15) is 5.78 Å². The Labute approximate surface area is 354 Å². The molecule has 6 unspecified atom stereocenters. The maximum atomic E-state index is 13.9. The number of aliphatic carboxylic acids is 1. The zero-order chi connectivity index (χ0) is 42.1. The average molecular weight is 809 g/mol. The molecule has 0 aromatic carbocycles. The van der Waals surface area contributed by atoms with Crippen molar-refractivity contribution in [3.8, 4) is 0 Å². The third-order valence-electron chi connectivity index (χ3n) is 21.6. The fourth-order valence-corrected chi connectivity index (χ4v) is 18.8. The normalized spacial score (nSPS) is 51.7. The monoisotopic (exact) mass is 809 g/mol. The zero-order valence-corrected chi connectivity index (χ0v) is 38.6. The lowest BCUT2D eigenvalue weighted by molar-refractivity contribution is -0.203. The lowest BCUT2D eigenvalue weighted by Crippen LogP contribution is -2.62. The highest BCUT2D eigenvalue weighted by atomic mass is 16.4. The average Bonchev–Trinajstić information content (AvgIpc) is 3.73. The summed E-state index contributed by atoms with van der Waals surface area (Å²) in [6.07, 6.45) is 20.9. The molecule has 8 rings (SSSR count). The molecule has 0 heterocycles. The van der Waals surface area contributed by atoms with Gasteiger partial charge in [0.05, 0.1) is 18.3 Å². The Hall–Kier alpha value is -0.980.